The topological polar surface area (TPSA) is 89.9 Å². The third kappa shape index (κ3) is 4.12. The summed E-state index contributed by atoms with van der Waals surface area (Å²) in [6.45, 7) is 2.22. The van der Waals surface area contributed by atoms with Gasteiger partial charge >= 0.3 is 0 Å². The van der Waals surface area contributed by atoms with Crippen LogP contribution in [0, 0.1) is 0 Å². The molecule has 34 heavy (non-hydrogen) atoms. The molecular formula is C25H17Br2N3O4. The first kappa shape index (κ1) is 22.4. The molecule has 1 N–H and O–H groups in total. The second kappa shape index (κ2) is 9.08. The van der Waals surface area contributed by atoms with Gasteiger partial charge in [-0.15, -0.1) is 0 Å². The van der Waals surface area contributed by atoms with Crippen molar-refractivity contribution < 1.29 is 14.3 Å². The van der Waals surface area contributed by atoms with Crippen LogP contribution in [0.1, 0.15) is 12.5 Å². The summed E-state index contributed by atoms with van der Waals surface area (Å²) in [5, 5.41) is 15.9. The summed E-state index contributed by atoms with van der Waals surface area (Å²) in [4.78, 5) is 18.1. The van der Waals surface area contributed by atoms with Gasteiger partial charge in [-0.05, 0) is 76.9 Å². The fourth-order valence-electron chi connectivity index (χ4n) is 3.57. The average Bonchev–Trinajstić information content (AvgIpc) is 3.24. The first-order valence-corrected chi connectivity index (χ1v) is 11.9. The molecule has 5 aromatic rings. The summed E-state index contributed by atoms with van der Waals surface area (Å²) in [5.74, 6) is 0.994. The molecule has 0 bridgehead atoms. The van der Waals surface area contributed by atoms with E-state index in [2.05, 4.69) is 41.9 Å². The predicted octanol–water partition coefficient (Wildman–Crippen LogP) is 6.32. The number of para-hydroxylation sites is 1. The van der Waals surface area contributed by atoms with E-state index in [9.17, 15) is 9.90 Å². The summed E-state index contributed by atoms with van der Waals surface area (Å²) < 4.78 is 14.1. The third-order valence-electron chi connectivity index (χ3n) is 5.13. The van der Waals surface area contributed by atoms with Crippen molar-refractivity contribution in [2.45, 2.75) is 6.92 Å². The molecule has 0 radical (unpaired) electrons. The van der Waals surface area contributed by atoms with Crippen LogP contribution in [0.4, 0.5) is 0 Å². The van der Waals surface area contributed by atoms with Crippen LogP contribution in [0.2, 0.25) is 0 Å². The highest BCUT2D eigenvalue weighted by atomic mass is 79.9. The number of phenols is 1. The molecule has 7 nitrogen and oxygen atoms in total. The molecule has 5 rings (SSSR count). The zero-order valence-electron chi connectivity index (χ0n) is 17.8. The number of hydrogen-bond acceptors (Lipinski definition) is 6. The number of ether oxygens (including phenoxy) is 1. The van der Waals surface area contributed by atoms with E-state index in [-0.39, 0.29) is 17.1 Å². The minimum atomic E-state index is -0.332. The number of furan rings is 1. The Morgan fingerprint density at radius 3 is 2.79 bits per heavy atom. The summed E-state index contributed by atoms with van der Waals surface area (Å²) in [7, 11) is 0. The monoisotopic (exact) mass is 581 g/mol. The number of hydrogen-bond donors (Lipinski definition) is 1. The van der Waals surface area contributed by atoms with Crippen molar-refractivity contribution in [3.05, 3.63) is 85.5 Å². The lowest BCUT2D eigenvalue weighted by molar-refractivity contribution is 0.317. The Balaban J connectivity index is 1.70. The fourth-order valence-corrected chi connectivity index (χ4v) is 4.41. The Hall–Kier alpha value is -3.43. The molecule has 0 saturated carbocycles. The highest BCUT2D eigenvalue weighted by Gasteiger charge is 2.17. The van der Waals surface area contributed by atoms with Crippen LogP contribution < -0.4 is 10.3 Å². The molecule has 0 aliphatic heterocycles. The van der Waals surface area contributed by atoms with Crippen LogP contribution in [0.5, 0.6) is 11.5 Å². The van der Waals surface area contributed by atoms with E-state index in [1.54, 1.807) is 30.3 Å². The lowest BCUT2D eigenvalue weighted by Gasteiger charge is -2.09. The van der Waals surface area contributed by atoms with Gasteiger partial charge in [-0.2, -0.15) is 9.78 Å². The second-order valence-electron chi connectivity index (χ2n) is 7.39. The Morgan fingerprint density at radius 2 is 1.97 bits per heavy atom. The van der Waals surface area contributed by atoms with Crippen molar-refractivity contribution >= 4 is 59.9 Å². The van der Waals surface area contributed by atoms with Gasteiger partial charge < -0.3 is 14.3 Å². The van der Waals surface area contributed by atoms with E-state index in [1.165, 1.54) is 10.9 Å². The first-order valence-electron chi connectivity index (χ1n) is 10.4. The molecule has 0 atom stereocenters. The van der Waals surface area contributed by atoms with E-state index in [1.807, 2.05) is 37.3 Å². The van der Waals surface area contributed by atoms with Gasteiger partial charge in [0.15, 0.2) is 17.3 Å². The maximum absolute atomic E-state index is 13.4. The minimum absolute atomic E-state index is 0.00216. The third-order valence-corrected chi connectivity index (χ3v) is 6.22. The predicted molar refractivity (Wildman–Crippen MR) is 139 cm³/mol. The normalized spacial score (nSPS) is 11.6. The molecule has 0 fully saturated rings. The molecular weight excluding hydrogens is 566 g/mol. The summed E-state index contributed by atoms with van der Waals surface area (Å²) in [6, 6.07) is 17.9. The van der Waals surface area contributed by atoms with Crippen LogP contribution in [0.25, 0.3) is 33.5 Å². The average molecular weight is 583 g/mol. The molecule has 3 aromatic carbocycles. The lowest BCUT2D eigenvalue weighted by atomic mass is 10.2. The maximum atomic E-state index is 13.4. The highest BCUT2D eigenvalue weighted by Crippen LogP contribution is 2.35. The summed E-state index contributed by atoms with van der Waals surface area (Å²) in [6.07, 6.45) is 1.51. The first-order chi connectivity index (χ1) is 16.4. The van der Waals surface area contributed by atoms with Gasteiger partial charge in [0, 0.05) is 9.86 Å². The van der Waals surface area contributed by atoms with Crippen LogP contribution in [-0.4, -0.2) is 27.6 Å². The van der Waals surface area contributed by atoms with Gasteiger partial charge in [0.1, 0.15) is 5.58 Å². The maximum Gasteiger partial charge on any atom is 0.282 e. The quantitative estimate of drug-likeness (QED) is 0.245. The van der Waals surface area contributed by atoms with Gasteiger partial charge in [-0.3, -0.25) is 4.79 Å². The van der Waals surface area contributed by atoms with E-state index < -0.39 is 0 Å². The molecule has 9 heteroatoms. The van der Waals surface area contributed by atoms with E-state index in [4.69, 9.17) is 9.15 Å². The minimum Gasteiger partial charge on any atom is -0.503 e. The number of aromatic nitrogens is 2. The summed E-state index contributed by atoms with van der Waals surface area (Å²) in [5.41, 5.74) is 1.50. The largest absolute Gasteiger partial charge is 0.503 e. The van der Waals surface area contributed by atoms with E-state index >= 15 is 0 Å². The number of halogens is 2. The molecule has 0 spiro atoms. The number of nitrogens with zero attached hydrogens (tertiary/aromatic N) is 3. The number of phenolic OH excluding ortho intramolecular Hbond substituents is 1. The zero-order valence-corrected chi connectivity index (χ0v) is 21.0. The van der Waals surface area contributed by atoms with Crippen molar-refractivity contribution in [1.82, 2.24) is 9.66 Å². The number of rotatable bonds is 5. The smallest absolute Gasteiger partial charge is 0.282 e. The van der Waals surface area contributed by atoms with E-state index in [0.717, 1.165) is 9.86 Å². The fraction of sp³-hybridized carbons (Fsp3) is 0.0800. The molecule has 170 valence electrons. The number of benzene rings is 3. The Labute approximate surface area is 210 Å². The van der Waals surface area contributed by atoms with Crippen molar-refractivity contribution in [3.8, 4) is 23.1 Å². The zero-order chi connectivity index (χ0) is 23.8. The van der Waals surface area contributed by atoms with Crippen molar-refractivity contribution in [3.63, 3.8) is 0 Å². The molecule has 0 saturated heterocycles. The lowest BCUT2D eigenvalue weighted by Crippen LogP contribution is -2.20. The van der Waals surface area contributed by atoms with Gasteiger partial charge in [0.05, 0.1) is 28.2 Å². The van der Waals surface area contributed by atoms with Gasteiger partial charge in [0.2, 0.25) is 5.82 Å². The van der Waals surface area contributed by atoms with Crippen LogP contribution in [-0.2, 0) is 0 Å². The number of fused-ring (bicyclic) bond motifs is 2. The van der Waals surface area contributed by atoms with Crippen molar-refractivity contribution in [2.75, 3.05) is 6.61 Å². The summed E-state index contributed by atoms with van der Waals surface area (Å²) >= 11 is 6.79. The molecule has 2 heterocycles. The van der Waals surface area contributed by atoms with Crippen molar-refractivity contribution in [2.24, 2.45) is 5.10 Å². The van der Waals surface area contributed by atoms with Gasteiger partial charge in [0.25, 0.3) is 5.56 Å². The Bertz CT molecular complexity index is 1640. The highest BCUT2D eigenvalue weighted by molar-refractivity contribution is 9.10. The molecule has 0 amide bonds. The van der Waals surface area contributed by atoms with Gasteiger partial charge in [-0.1, -0.05) is 28.1 Å². The Morgan fingerprint density at radius 1 is 1.15 bits per heavy atom. The van der Waals surface area contributed by atoms with Gasteiger partial charge in [-0.25, -0.2) is 4.98 Å². The SMILES string of the molecule is CCOc1cc(C=Nn2c(-c3cc4cc(Br)ccc4o3)nc3ccccc3c2=O)cc(Br)c1O. The second-order valence-corrected chi connectivity index (χ2v) is 9.16. The Kier molecular flexibility index (Phi) is 5.97. The molecule has 0 aliphatic rings. The van der Waals surface area contributed by atoms with Crippen LogP contribution in [0.3, 0.4) is 0 Å². The van der Waals surface area contributed by atoms with Crippen LogP contribution >= 0.6 is 31.9 Å². The standard InChI is InChI=1S/C25H17Br2N3O4/c1-2-33-21-10-14(9-18(27)23(21)31)13-28-30-24(29-19-6-4-3-5-17(19)25(30)32)22-12-15-11-16(26)7-8-20(15)34-22/h3-13,31H,2H2,1H3. The number of aromatic hydroxyl groups is 1. The van der Waals surface area contributed by atoms with E-state index in [0.29, 0.717) is 44.6 Å². The molecule has 2 aromatic heterocycles. The van der Waals surface area contributed by atoms with Crippen molar-refractivity contribution in [1.29, 1.82) is 0 Å². The molecule has 0 aliphatic carbocycles. The molecule has 0 unspecified atom stereocenters. The van der Waals surface area contributed by atoms with Crippen LogP contribution in [0.15, 0.2) is 83.9 Å².